The topological polar surface area (TPSA) is 43.3 Å². The highest BCUT2D eigenvalue weighted by Crippen LogP contribution is 2.30. The predicted octanol–water partition coefficient (Wildman–Crippen LogP) is 3.93. The summed E-state index contributed by atoms with van der Waals surface area (Å²) in [5, 5.41) is 0. The van der Waals surface area contributed by atoms with Gasteiger partial charge >= 0.3 is 0 Å². The van der Waals surface area contributed by atoms with Crippen molar-refractivity contribution in [3.63, 3.8) is 0 Å². The molecular formula is C14H10BrF2N3. The highest BCUT2D eigenvalue weighted by atomic mass is 79.9. The number of hydrogen-bond acceptors (Lipinski definition) is 2. The van der Waals surface area contributed by atoms with Crippen LogP contribution in [0, 0.1) is 18.6 Å². The number of nitrogens with two attached hydrogens (primary N) is 1. The summed E-state index contributed by atoms with van der Waals surface area (Å²) in [6.07, 6.45) is 0. The molecule has 0 saturated heterocycles. The molecule has 0 aliphatic rings. The molecule has 0 atom stereocenters. The molecule has 6 heteroatoms. The first-order valence-electron chi connectivity index (χ1n) is 5.87. The third-order valence-electron chi connectivity index (χ3n) is 3.19. The van der Waals surface area contributed by atoms with E-state index in [0.717, 1.165) is 22.3 Å². The minimum atomic E-state index is -0.920. The monoisotopic (exact) mass is 337 g/mol. The van der Waals surface area contributed by atoms with E-state index in [0.29, 0.717) is 22.7 Å². The van der Waals surface area contributed by atoms with Crippen molar-refractivity contribution in [1.82, 2.24) is 9.38 Å². The zero-order valence-corrected chi connectivity index (χ0v) is 12.1. The van der Waals surface area contributed by atoms with Gasteiger partial charge in [-0.2, -0.15) is 0 Å². The summed E-state index contributed by atoms with van der Waals surface area (Å²) in [6, 6.07) is 7.29. The molecular weight excluding hydrogens is 328 g/mol. The summed E-state index contributed by atoms with van der Waals surface area (Å²) in [6.45, 7) is 1.89. The lowest BCUT2D eigenvalue weighted by Gasteiger charge is -2.04. The molecule has 0 radical (unpaired) electrons. The molecule has 0 bridgehead atoms. The summed E-state index contributed by atoms with van der Waals surface area (Å²) in [5.74, 6) is -1.42. The van der Waals surface area contributed by atoms with E-state index in [9.17, 15) is 8.78 Å². The van der Waals surface area contributed by atoms with Gasteiger partial charge in [0.1, 0.15) is 17.2 Å². The Kier molecular flexibility index (Phi) is 2.97. The van der Waals surface area contributed by atoms with Crippen molar-refractivity contribution in [2.75, 3.05) is 5.73 Å². The standard InChI is InChI=1S/C14H10BrF2N3/c1-7-9(15)3-5-12-19-13(14(18)20(7)12)8-2-4-10(16)11(17)6-8/h2-6H,18H2,1H3. The fraction of sp³-hybridized carbons (Fsp3) is 0.0714. The summed E-state index contributed by atoms with van der Waals surface area (Å²) >= 11 is 3.42. The number of fused-ring (bicyclic) bond motifs is 1. The SMILES string of the molecule is Cc1c(Br)ccc2nc(-c3ccc(F)c(F)c3)c(N)n12. The van der Waals surface area contributed by atoms with Gasteiger partial charge in [0.05, 0.1) is 0 Å². The van der Waals surface area contributed by atoms with Gasteiger partial charge in [-0.25, -0.2) is 13.8 Å². The lowest BCUT2D eigenvalue weighted by molar-refractivity contribution is 0.509. The van der Waals surface area contributed by atoms with Gasteiger partial charge in [0.2, 0.25) is 0 Å². The van der Waals surface area contributed by atoms with Gasteiger partial charge in [-0.1, -0.05) is 0 Å². The molecule has 2 heterocycles. The largest absolute Gasteiger partial charge is 0.383 e. The third-order valence-corrected chi connectivity index (χ3v) is 4.03. The van der Waals surface area contributed by atoms with E-state index in [4.69, 9.17) is 5.73 Å². The molecule has 2 N–H and O–H groups in total. The zero-order chi connectivity index (χ0) is 14.4. The first kappa shape index (κ1) is 13.1. The van der Waals surface area contributed by atoms with Crippen molar-refractivity contribution in [1.29, 1.82) is 0 Å². The second-order valence-corrected chi connectivity index (χ2v) is 5.29. The van der Waals surface area contributed by atoms with E-state index in [1.165, 1.54) is 6.07 Å². The lowest BCUT2D eigenvalue weighted by Crippen LogP contribution is -1.98. The van der Waals surface area contributed by atoms with E-state index >= 15 is 0 Å². The summed E-state index contributed by atoms with van der Waals surface area (Å²) in [5.41, 5.74) is 8.52. The Balaban J connectivity index is 2.29. The molecule has 3 aromatic rings. The van der Waals surface area contributed by atoms with Crippen molar-refractivity contribution in [3.8, 4) is 11.3 Å². The molecule has 0 spiro atoms. The molecule has 0 aliphatic carbocycles. The van der Waals surface area contributed by atoms with Crippen molar-refractivity contribution in [2.45, 2.75) is 6.92 Å². The molecule has 2 aromatic heterocycles. The van der Waals surface area contributed by atoms with Crippen molar-refractivity contribution < 1.29 is 8.78 Å². The summed E-state index contributed by atoms with van der Waals surface area (Å²) < 4.78 is 29.0. The minimum absolute atomic E-state index is 0.393. The van der Waals surface area contributed by atoms with Crippen LogP contribution in [0.15, 0.2) is 34.8 Å². The van der Waals surface area contributed by atoms with Gasteiger partial charge in [-0.15, -0.1) is 0 Å². The van der Waals surface area contributed by atoms with Gasteiger partial charge in [-0.05, 0) is 53.2 Å². The first-order valence-corrected chi connectivity index (χ1v) is 6.67. The highest BCUT2D eigenvalue weighted by molar-refractivity contribution is 9.10. The van der Waals surface area contributed by atoms with Crippen molar-refractivity contribution >= 4 is 27.4 Å². The maximum Gasteiger partial charge on any atom is 0.159 e. The minimum Gasteiger partial charge on any atom is -0.383 e. The van der Waals surface area contributed by atoms with E-state index in [2.05, 4.69) is 20.9 Å². The van der Waals surface area contributed by atoms with Crippen LogP contribution in [0.3, 0.4) is 0 Å². The number of hydrogen-bond donors (Lipinski definition) is 1. The Labute approximate surface area is 122 Å². The molecule has 0 amide bonds. The Morgan fingerprint density at radius 2 is 1.90 bits per heavy atom. The number of aromatic nitrogens is 2. The Bertz CT molecular complexity index is 827. The van der Waals surface area contributed by atoms with Gasteiger partial charge in [0.15, 0.2) is 11.6 Å². The van der Waals surface area contributed by atoms with Crippen molar-refractivity contribution in [3.05, 3.63) is 52.1 Å². The molecule has 1 aromatic carbocycles. The van der Waals surface area contributed by atoms with Crippen LogP contribution in [0.1, 0.15) is 5.69 Å². The maximum atomic E-state index is 13.3. The van der Waals surface area contributed by atoms with Crippen LogP contribution in [0.4, 0.5) is 14.6 Å². The Morgan fingerprint density at radius 1 is 1.15 bits per heavy atom. The lowest BCUT2D eigenvalue weighted by atomic mass is 10.1. The quantitative estimate of drug-likeness (QED) is 0.731. The first-order chi connectivity index (χ1) is 9.49. The van der Waals surface area contributed by atoms with Crippen LogP contribution in [0.25, 0.3) is 16.9 Å². The molecule has 3 rings (SSSR count). The number of aryl methyl sites for hydroxylation is 1. The van der Waals surface area contributed by atoms with Crippen LogP contribution < -0.4 is 5.73 Å². The highest BCUT2D eigenvalue weighted by Gasteiger charge is 2.15. The van der Waals surface area contributed by atoms with Gasteiger partial charge in [0.25, 0.3) is 0 Å². The average molecular weight is 338 g/mol. The van der Waals surface area contributed by atoms with Gasteiger partial charge in [0, 0.05) is 15.7 Å². The Morgan fingerprint density at radius 3 is 2.60 bits per heavy atom. The number of anilines is 1. The number of benzene rings is 1. The van der Waals surface area contributed by atoms with Crippen LogP contribution in [0.5, 0.6) is 0 Å². The number of nitrogens with zero attached hydrogens (tertiary/aromatic N) is 2. The normalized spacial score (nSPS) is 11.2. The zero-order valence-electron chi connectivity index (χ0n) is 10.5. The number of imidazole rings is 1. The Hall–Kier alpha value is -1.95. The van der Waals surface area contributed by atoms with E-state index in [-0.39, 0.29) is 0 Å². The van der Waals surface area contributed by atoms with Gasteiger partial charge < -0.3 is 5.73 Å². The number of halogens is 3. The van der Waals surface area contributed by atoms with Crippen LogP contribution >= 0.6 is 15.9 Å². The summed E-state index contributed by atoms with van der Waals surface area (Å²) in [7, 11) is 0. The van der Waals surface area contributed by atoms with Crippen LogP contribution in [0.2, 0.25) is 0 Å². The molecule has 102 valence electrons. The van der Waals surface area contributed by atoms with Gasteiger partial charge in [-0.3, -0.25) is 4.40 Å². The van der Waals surface area contributed by atoms with E-state index in [1.54, 1.807) is 10.5 Å². The average Bonchev–Trinajstić information content (AvgIpc) is 2.75. The second-order valence-electron chi connectivity index (χ2n) is 4.43. The smallest absolute Gasteiger partial charge is 0.159 e. The molecule has 0 fully saturated rings. The van der Waals surface area contributed by atoms with Crippen LogP contribution in [-0.4, -0.2) is 9.38 Å². The molecule has 0 saturated carbocycles. The van der Waals surface area contributed by atoms with E-state index < -0.39 is 11.6 Å². The molecule has 0 aliphatic heterocycles. The fourth-order valence-corrected chi connectivity index (χ4v) is 2.46. The fourth-order valence-electron chi connectivity index (χ4n) is 2.15. The van der Waals surface area contributed by atoms with E-state index in [1.807, 2.05) is 13.0 Å². The number of nitrogen functional groups attached to an aromatic ring is 1. The molecule has 0 unspecified atom stereocenters. The summed E-state index contributed by atoms with van der Waals surface area (Å²) in [4.78, 5) is 4.38. The van der Waals surface area contributed by atoms with Crippen molar-refractivity contribution in [2.24, 2.45) is 0 Å². The third kappa shape index (κ3) is 1.87. The second kappa shape index (κ2) is 4.56. The molecule has 20 heavy (non-hydrogen) atoms. The maximum absolute atomic E-state index is 13.3. The molecule has 3 nitrogen and oxygen atoms in total. The number of pyridine rings is 1. The predicted molar refractivity (Wildman–Crippen MR) is 77.4 cm³/mol. The van der Waals surface area contributed by atoms with Crippen LogP contribution in [-0.2, 0) is 0 Å². The number of rotatable bonds is 1.